The second kappa shape index (κ2) is 13.6. The standard InChI is InChI=1S/C32H34Cl2N2O7S/c1-32(2,3)43-31(39)36-14-13-24-22(18-36)17-25(33)27(28(24)34)29(37)35-26(30(38)42-19-20-9-6-5-7-10-20)16-21-11-8-12-23(15-21)44(4,40)41/h5-12,15,17,26H,13-14,16,18-19H2,1-4H3,(H,35,37). The highest BCUT2D eigenvalue weighted by molar-refractivity contribution is 7.90. The average Bonchev–Trinajstić information content (AvgIpc) is 2.94. The molecule has 2 amide bonds. The van der Waals surface area contributed by atoms with Crippen LogP contribution in [0.2, 0.25) is 10.0 Å². The van der Waals surface area contributed by atoms with Crippen LogP contribution in [0.1, 0.15) is 53.4 Å². The third kappa shape index (κ3) is 8.52. The number of hydrogen-bond donors (Lipinski definition) is 1. The van der Waals surface area contributed by atoms with Crippen molar-refractivity contribution in [2.45, 2.75) is 63.3 Å². The highest BCUT2D eigenvalue weighted by atomic mass is 35.5. The highest BCUT2D eigenvalue weighted by Crippen LogP contribution is 2.35. The number of nitrogens with zero attached hydrogens (tertiary/aromatic N) is 1. The van der Waals surface area contributed by atoms with Crippen molar-refractivity contribution < 1.29 is 32.3 Å². The summed E-state index contributed by atoms with van der Waals surface area (Å²) in [5.41, 5.74) is 1.95. The number of carbonyl (C=O) groups excluding carboxylic acids is 3. The Balaban J connectivity index is 1.58. The van der Waals surface area contributed by atoms with Gasteiger partial charge in [0.1, 0.15) is 18.2 Å². The van der Waals surface area contributed by atoms with Crippen LogP contribution in [0.15, 0.2) is 65.6 Å². The highest BCUT2D eigenvalue weighted by Gasteiger charge is 2.31. The van der Waals surface area contributed by atoms with Gasteiger partial charge in [-0.15, -0.1) is 0 Å². The molecule has 0 radical (unpaired) electrons. The topological polar surface area (TPSA) is 119 Å². The van der Waals surface area contributed by atoms with Gasteiger partial charge in [-0.05, 0) is 67.6 Å². The molecular weight excluding hydrogens is 627 g/mol. The lowest BCUT2D eigenvalue weighted by atomic mass is 9.96. The molecule has 3 aromatic rings. The largest absolute Gasteiger partial charge is 0.459 e. The molecule has 234 valence electrons. The van der Waals surface area contributed by atoms with E-state index in [1.165, 1.54) is 12.1 Å². The molecule has 1 atom stereocenters. The number of hydrogen-bond acceptors (Lipinski definition) is 7. The summed E-state index contributed by atoms with van der Waals surface area (Å²) >= 11 is 13.3. The second-order valence-corrected chi connectivity index (χ2v) is 14.4. The minimum absolute atomic E-state index is 0.0106. The van der Waals surface area contributed by atoms with Crippen molar-refractivity contribution in [3.05, 3.63) is 98.5 Å². The summed E-state index contributed by atoms with van der Waals surface area (Å²) in [6.07, 6.45) is 0.945. The lowest BCUT2D eigenvalue weighted by molar-refractivity contribution is -0.147. The van der Waals surface area contributed by atoms with E-state index in [2.05, 4.69) is 5.32 Å². The third-order valence-electron chi connectivity index (χ3n) is 6.86. The molecule has 1 N–H and O–H groups in total. The number of benzene rings is 3. The van der Waals surface area contributed by atoms with Crippen molar-refractivity contribution in [1.29, 1.82) is 0 Å². The molecule has 1 unspecified atom stereocenters. The Kier molecular flexibility index (Phi) is 10.3. The molecule has 0 saturated carbocycles. The Bertz CT molecular complexity index is 1670. The first kappa shape index (κ1) is 33.3. The molecule has 0 bridgehead atoms. The van der Waals surface area contributed by atoms with E-state index in [0.717, 1.165) is 11.8 Å². The van der Waals surface area contributed by atoms with Crippen LogP contribution in [-0.2, 0) is 50.1 Å². The van der Waals surface area contributed by atoms with Gasteiger partial charge in [-0.1, -0.05) is 65.7 Å². The molecular formula is C32H34Cl2N2O7S. The predicted octanol–water partition coefficient (Wildman–Crippen LogP) is 5.77. The van der Waals surface area contributed by atoms with E-state index >= 15 is 0 Å². The first-order valence-corrected chi connectivity index (χ1v) is 16.5. The van der Waals surface area contributed by atoms with Crippen LogP contribution in [0.3, 0.4) is 0 Å². The number of nitrogens with one attached hydrogen (secondary N) is 1. The van der Waals surface area contributed by atoms with E-state index in [0.29, 0.717) is 29.7 Å². The summed E-state index contributed by atoms with van der Waals surface area (Å²) in [6, 6.07) is 15.6. The van der Waals surface area contributed by atoms with Gasteiger partial charge in [0.2, 0.25) is 0 Å². The maximum Gasteiger partial charge on any atom is 0.410 e. The van der Waals surface area contributed by atoms with Crippen molar-refractivity contribution in [3.8, 4) is 0 Å². The number of carbonyl (C=O) groups is 3. The normalized spacial score (nSPS) is 13.9. The Morgan fingerprint density at radius 2 is 1.68 bits per heavy atom. The van der Waals surface area contributed by atoms with Crippen LogP contribution in [0.4, 0.5) is 4.79 Å². The van der Waals surface area contributed by atoms with Crippen LogP contribution >= 0.6 is 23.2 Å². The minimum atomic E-state index is -3.50. The molecule has 1 heterocycles. The van der Waals surface area contributed by atoms with Gasteiger partial charge in [0.15, 0.2) is 9.84 Å². The SMILES string of the molecule is CC(C)(C)OC(=O)N1CCc2c(cc(Cl)c(C(=O)NC(Cc3cccc(S(C)(=O)=O)c3)C(=O)OCc3ccccc3)c2Cl)C1. The Morgan fingerprint density at radius 3 is 2.34 bits per heavy atom. The van der Waals surface area contributed by atoms with Crippen molar-refractivity contribution in [2.24, 2.45) is 0 Å². The van der Waals surface area contributed by atoms with E-state index < -0.39 is 39.4 Å². The number of amides is 2. The van der Waals surface area contributed by atoms with Crippen LogP contribution in [-0.4, -0.2) is 55.7 Å². The van der Waals surface area contributed by atoms with E-state index in [-0.39, 0.29) is 40.1 Å². The van der Waals surface area contributed by atoms with Gasteiger partial charge in [0.05, 0.1) is 20.5 Å². The number of sulfone groups is 1. The lowest BCUT2D eigenvalue weighted by Gasteiger charge is -2.32. The molecule has 0 aromatic heterocycles. The van der Waals surface area contributed by atoms with Crippen LogP contribution < -0.4 is 5.32 Å². The zero-order valence-corrected chi connectivity index (χ0v) is 27.2. The van der Waals surface area contributed by atoms with Crippen molar-refractivity contribution in [1.82, 2.24) is 10.2 Å². The van der Waals surface area contributed by atoms with Gasteiger partial charge in [-0.2, -0.15) is 0 Å². The zero-order valence-electron chi connectivity index (χ0n) is 24.9. The zero-order chi connectivity index (χ0) is 32.2. The molecule has 9 nitrogen and oxygen atoms in total. The Morgan fingerprint density at radius 1 is 1.00 bits per heavy atom. The fraction of sp³-hybridized carbons (Fsp3) is 0.344. The summed E-state index contributed by atoms with van der Waals surface area (Å²) in [6.45, 7) is 5.87. The summed E-state index contributed by atoms with van der Waals surface area (Å²) < 4.78 is 35.2. The number of fused-ring (bicyclic) bond motifs is 1. The molecule has 0 fully saturated rings. The van der Waals surface area contributed by atoms with Gasteiger partial charge in [0, 0.05) is 25.8 Å². The van der Waals surface area contributed by atoms with Crippen molar-refractivity contribution in [2.75, 3.05) is 12.8 Å². The number of rotatable bonds is 8. The first-order chi connectivity index (χ1) is 20.6. The van der Waals surface area contributed by atoms with Crippen molar-refractivity contribution in [3.63, 3.8) is 0 Å². The fourth-order valence-electron chi connectivity index (χ4n) is 4.73. The fourth-order valence-corrected chi connectivity index (χ4v) is 6.19. The van der Waals surface area contributed by atoms with Crippen molar-refractivity contribution >= 4 is 51.0 Å². The van der Waals surface area contributed by atoms with E-state index in [9.17, 15) is 22.8 Å². The molecule has 3 aromatic carbocycles. The maximum atomic E-state index is 13.6. The van der Waals surface area contributed by atoms with Gasteiger partial charge >= 0.3 is 12.1 Å². The lowest BCUT2D eigenvalue weighted by Crippen LogP contribution is -2.44. The van der Waals surface area contributed by atoms with Gasteiger partial charge in [-0.3, -0.25) is 4.79 Å². The molecule has 0 saturated heterocycles. The average molecular weight is 662 g/mol. The molecule has 1 aliphatic rings. The summed E-state index contributed by atoms with van der Waals surface area (Å²) in [5.74, 6) is -1.41. The number of esters is 1. The van der Waals surface area contributed by atoms with E-state index in [1.54, 1.807) is 56.0 Å². The van der Waals surface area contributed by atoms with Crippen LogP contribution in [0, 0.1) is 0 Å². The molecule has 12 heteroatoms. The third-order valence-corrected chi connectivity index (χ3v) is 8.69. The van der Waals surface area contributed by atoms with Gasteiger partial charge in [0.25, 0.3) is 5.91 Å². The molecule has 4 rings (SSSR count). The predicted molar refractivity (Wildman–Crippen MR) is 168 cm³/mol. The summed E-state index contributed by atoms with van der Waals surface area (Å²) in [5, 5.41) is 2.88. The van der Waals surface area contributed by atoms with E-state index in [1.807, 2.05) is 18.2 Å². The van der Waals surface area contributed by atoms with Crippen LogP contribution in [0.5, 0.6) is 0 Å². The Labute approximate surface area is 267 Å². The van der Waals surface area contributed by atoms with Crippen LogP contribution in [0.25, 0.3) is 0 Å². The second-order valence-electron chi connectivity index (χ2n) is 11.6. The molecule has 0 spiro atoms. The number of ether oxygens (including phenoxy) is 2. The summed E-state index contributed by atoms with van der Waals surface area (Å²) in [7, 11) is -3.50. The monoisotopic (exact) mass is 660 g/mol. The maximum absolute atomic E-state index is 13.6. The molecule has 0 aliphatic carbocycles. The smallest absolute Gasteiger partial charge is 0.410 e. The quantitative estimate of drug-likeness (QED) is 0.305. The minimum Gasteiger partial charge on any atom is -0.459 e. The van der Waals surface area contributed by atoms with Gasteiger partial charge in [-0.25, -0.2) is 18.0 Å². The van der Waals surface area contributed by atoms with Gasteiger partial charge < -0.3 is 19.7 Å². The molecule has 1 aliphatic heterocycles. The first-order valence-electron chi connectivity index (χ1n) is 13.9. The van der Waals surface area contributed by atoms with E-state index in [4.69, 9.17) is 32.7 Å². The summed E-state index contributed by atoms with van der Waals surface area (Å²) in [4.78, 5) is 41.2. The molecule has 44 heavy (non-hydrogen) atoms. The number of halogens is 2. The Hall–Kier alpha value is -3.60.